The third-order valence-electron chi connectivity index (χ3n) is 4.93. The van der Waals surface area contributed by atoms with Crippen LogP contribution < -0.4 is 5.46 Å². The van der Waals surface area contributed by atoms with Gasteiger partial charge in [0.1, 0.15) is 0 Å². The van der Waals surface area contributed by atoms with Crippen molar-refractivity contribution in [1.82, 2.24) is 9.97 Å². The maximum absolute atomic E-state index is 6.18. The van der Waals surface area contributed by atoms with E-state index < -0.39 is 0 Å². The van der Waals surface area contributed by atoms with E-state index in [1.54, 1.807) is 12.4 Å². The van der Waals surface area contributed by atoms with E-state index in [2.05, 4.69) is 54.1 Å². The van der Waals surface area contributed by atoms with Gasteiger partial charge < -0.3 is 9.31 Å². The van der Waals surface area contributed by atoms with Crippen LogP contribution in [0, 0.1) is 0 Å². The third-order valence-corrected chi connectivity index (χ3v) is 4.93. The molecular weight excluding hydrogens is 323 g/mol. The van der Waals surface area contributed by atoms with Crippen LogP contribution in [0.3, 0.4) is 0 Å². The molecule has 0 bridgehead atoms. The Labute approximate surface area is 154 Å². The summed E-state index contributed by atoms with van der Waals surface area (Å²) in [7, 11) is -0.382. The van der Waals surface area contributed by atoms with Crippen molar-refractivity contribution in [2.45, 2.75) is 32.5 Å². The molecule has 4 rings (SSSR count). The number of pyridine rings is 2. The van der Waals surface area contributed by atoms with E-state index in [-0.39, 0.29) is 18.8 Å². The highest BCUT2D eigenvalue weighted by molar-refractivity contribution is 6.62. The molecule has 5 heteroatoms. The van der Waals surface area contributed by atoms with E-state index in [0.29, 0.717) is 0 Å². The Hall–Kier alpha value is -2.50. The molecule has 0 saturated carbocycles. The quantitative estimate of drug-likeness (QED) is 0.680. The zero-order valence-corrected chi connectivity index (χ0v) is 15.2. The smallest absolute Gasteiger partial charge is 0.402 e. The molecule has 1 saturated heterocycles. The minimum atomic E-state index is -0.382. The van der Waals surface area contributed by atoms with E-state index in [9.17, 15) is 0 Å². The van der Waals surface area contributed by atoms with Crippen molar-refractivity contribution in [3.05, 3.63) is 67.3 Å². The monoisotopic (exact) mass is 344 g/mol. The average Bonchev–Trinajstić information content (AvgIpc) is 2.96. The van der Waals surface area contributed by atoms with E-state index in [4.69, 9.17) is 9.31 Å². The fourth-order valence-corrected chi connectivity index (χ4v) is 3.08. The summed E-state index contributed by atoms with van der Waals surface area (Å²) < 4.78 is 12.3. The number of benzene rings is 1. The summed E-state index contributed by atoms with van der Waals surface area (Å²) in [5.41, 5.74) is 4.97. The van der Waals surface area contributed by atoms with Gasteiger partial charge in [0, 0.05) is 24.8 Å². The molecule has 1 aliphatic rings. The minimum Gasteiger partial charge on any atom is -0.402 e. The Kier molecular flexibility index (Phi) is 4.35. The summed E-state index contributed by atoms with van der Waals surface area (Å²) >= 11 is 0. The van der Waals surface area contributed by atoms with Crippen LogP contribution in [0.15, 0.2) is 67.3 Å². The van der Waals surface area contributed by atoms with Gasteiger partial charge in [0.15, 0.2) is 0 Å². The summed E-state index contributed by atoms with van der Waals surface area (Å²) in [5.74, 6) is 0. The summed E-state index contributed by atoms with van der Waals surface area (Å²) in [5, 5.41) is 0. The van der Waals surface area contributed by atoms with Crippen LogP contribution in [0.4, 0.5) is 0 Å². The van der Waals surface area contributed by atoms with Crippen LogP contribution in [-0.4, -0.2) is 28.8 Å². The van der Waals surface area contributed by atoms with Crippen molar-refractivity contribution in [3.63, 3.8) is 0 Å². The van der Waals surface area contributed by atoms with Gasteiger partial charge in [-0.2, -0.15) is 0 Å². The lowest BCUT2D eigenvalue weighted by molar-refractivity contribution is 0.0842. The molecule has 0 N–H and O–H groups in total. The number of hydrogen-bond acceptors (Lipinski definition) is 4. The molecule has 2 aromatic heterocycles. The van der Waals surface area contributed by atoms with Crippen molar-refractivity contribution < 1.29 is 9.31 Å². The van der Waals surface area contributed by atoms with Gasteiger partial charge in [-0.25, -0.2) is 0 Å². The van der Waals surface area contributed by atoms with Crippen LogP contribution >= 0.6 is 0 Å². The summed E-state index contributed by atoms with van der Waals surface area (Å²) in [6.07, 6.45) is 7.33. The number of hydrogen-bond donors (Lipinski definition) is 0. The number of nitrogens with zero attached hydrogens (tertiary/aromatic N) is 2. The van der Waals surface area contributed by atoms with Gasteiger partial charge >= 0.3 is 7.12 Å². The molecule has 1 atom stereocenters. The lowest BCUT2D eigenvalue weighted by Gasteiger charge is -2.21. The summed E-state index contributed by atoms with van der Waals surface area (Å²) in [6.45, 7) is 6.17. The standard InChI is InChI=1S/C21H21BN2O2/c1-15-21(2,3)26-22(25-15)20-11-18(16-6-4-8-23-13-16)10-19(12-20)17-7-5-9-24-14-17/h4-15H,1-3H3. The minimum absolute atomic E-state index is 0.0244. The van der Waals surface area contributed by atoms with Crippen molar-refractivity contribution in [1.29, 1.82) is 0 Å². The first-order valence-electron chi connectivity index (χ1n) is 8.82. The Morgan fingerprint density at radius 2 is 1.46 bits per heavy atom. The molecular formula is C21H21BN2O2. The van der Waals surface area contributed by atoms with Gasteiger partial charge in [0.2, 0.25) is 0 Å². The fourth-order valence-electron chi connectivity index (χ4n) is 3.08. The second kappa shape index (κ2) is 6.67. The van der Waals surface area contributed by atoms with Gasteiger partial charge in [0.25, 0.3) is 0 Å². The van der Waals surface area contributed by atoms with Crippen molar-refractivity contribution in [2.24, 2.45) is 0 Å². The molecule has 26 heavy (non-hydrogen) atoms. The van der Waals surface area contributed by atoms with Gasteiger partial charge in [-0.3, -0.25) is 9.97 Å². The second-order valence-electron chi connectivity index (χ2n) is 7.16. The lowest BCUT2D eigenvalue weighted by Crippen LogP contribution is -2.35. The largest absolute Gasteiger partial charge is 0.494 e. The molecule has 1 unspecified atom stereocenters. The molecule has 130 valence electrons. The molecule has 0 amide bonds. The van der Waals surface area contributed by atoms with Gasteiger partial charge in [0.05, 0.1) is 11.7 Å². The third kappa shape index (κ3) is 3.28. The average molecular weight is 344 g/mol. The highest BCUT2D eigenvalue weighted by Gasteiger charge is 2.44. The van der Waals surface area contributed by atoms with Crippen LogP contribution in [-0.2, 0) is 9.31 Å². The Morgan fingerprint density at radius 1 is 0.885 bits per heavy atom. The van der Waals surface area contributed by atoms with E-state index in [1.807, 2.05) is 31.5 Å². The maximum atomic E-state index is 6.18. The lowest BCUT2D eigenvalue weighted by atomic mass is 9.76. The van der Waals surface area contributed by atoms with Crippen LogP contribution in [0.1, 0.15) is 20.8 Å². The van der Waals surface area contributed by atoms with Gasteiger partial charge in [-0.1, -0.05) is 24.3 Å². The molecule has 0 radical (unpaired) electrons. The van der Waals surface area contributed by atoms with Gasteiger partial charge in [-0.15, -0.1) is 0 Å². The van der Waals surface area contributed by atoms with Crippen molar-refractivity contribution in [2.75, 3.05) is 0 Å². The first-order valence-corrected chi connectivity index (χ1v) is 8.82. The normalized spacial score (nSPS) is 18.9. The van der Waals surface area contributed by atoms with Crippen molar-refractivity contribution >= 4 is 12.6 Å². The fraction of sp³-hybridized carbons (Fsp3) is 0.238. The predicted molar refractivity (Wildman–Crippen MR) is 104 cm³/mol. The Balaban J connectivity index is 1.81. The number of rotatable bonds is 3. The van der Waals surface area contributed by atoms with Crippen molar-refractivity contribution in [3.8, 4) is 22.3 Å². The highest BCUT2D eigenvalue weighted by atomic mass is 16.7. The zero-order chi connectivity index (χ0) is 18.1. The summed E-state index contributed by atoms with van der Waals surface area (Å²) in [6, 6.07) is 14.4. The summed E-state index contributed by atoms with van der Waals surface area (Å²) in [4.78, 5) is 8.50. The highest BCUT2D eigenvalue weighted by Crippen LogP contribution is 2.29. The molecule has 3 heterocycles. The Morgan fingerprint density at radius 3 is 1.88 bits per heavy atom. The van der Waals surface area contributed by atoms with Crippen LogP contribution in [0.5, 0.6) is 0 Å². The van der Waals surface area contributed by atoms with E-state index in [1.165, 1.54) is 0 Å². The first-order chi connectivity index (χ1) is 12.5. The Bertz CT molecular complexity index is 843. The van der Waals surface area contributed by atoms with Crippen LogP contribution in [0.2, 0.25) is 0 Å². The van der Waals surface area contributed by atoms with Gasteiger partial charge in [-0.05, 0) is 66.7 Å². The molecule has 4 nitrogen and oxygen atoms in total. The topological polar surface area (TPSA) is 44.2 Å². The van der Waals surface area contributed by atoms with Crippen LogP contribution in [0.25, 0.3) is 22.3 Å². The number of aromatic nitrogens is 2. The molecule has 0 aliphatic carbocycles. The molecule has 1 aliphatic heterocycles. The van der Waals surface area contributed by atoms with E-state index >= 15 is 0 Å². The second-order valence-corrected chi connectivity index (χ2v) is 7.16. The zero-order valence-electron chi connectivity index (χ0n) is 15.2. The molecule has 1 fully saturated rings. The molecule has 0 spiro atoms. The van der Waals surface area contributed by atoms with E-state index in [0.717, 1.165) is 27.7 Å². The predicted octanol–water partition coefficient (Wildman–Crippen LogP) is 3.72. The first kappa shape index (κ1) is 16.9. The molecule has 3 aromatic rings. The maximum Gasteiger partial charge on any atom is 0.494 e. The molecule has 1 aromatic carbocycles. The SMILES string of the molecule is CC1OB(c2cc(-c3cccnc3)cc(-c3cccnc3)c2)OC1(C)C.